The van der Waals surface area contributed by atoms with Crippen LogP contribution in [0.5, 0.6) is 0 Å². The van der Waals surface area contributed by atoms with Crippen molar-refractivity contribution in [2.24, 2.45) is 29.1 Å². The monoisotopic (exact) mass is 350 g/mol. The molecule has 25 heavy (non-hydrogen) atoms. The molecule has 0 amide bonds. The van der Waals surface area contributed by atoms with Crippen LogP contribution in [0.2, 0.25) is 0 Å². The van der Waals surface area contributed by atoms with Crippen molar-refractivity contribution >= 4 is 5.97 Å². The Balaban J connectivity index is 2.84. The highest BCUT2D eigenvalue weighted by molar-refractivity contribution is 5.70. The lowest BCUT2D eigenvalue weighted by molar-refractivity contribution is -0.145. The van der Waals surface area contributed by atoms with Gasteiger partial charge in [-0.1, -0.05) is 72.5 Å². The van der Waals surface area contributed by atoms with Crippen molar-refractivity contribution in [3.63, 3.8) is 0 Å². The third-order valence-electron chi connectivity index (χ3n) is 6.02. The zero-order chi connectivity index (χ0) is 18.9. The summed E-state index contributed by atoms with van der Waals surface area (Å²) >= 11 is 0. The Morgan fingerprint density at radius 3 is 2.56 bits per heavy atom. The molecular formula is C23H42O2. The van der Waals surface area contributed by atoms with Gasteiger partial charge in [-0.25, -0.2) is 0 Å². The predicted octanol–water partition coefficient (Wildman–Crippen LogP) is 6.79. The second-order valence-electron chi connectivity index (χ2n) is 8.94. The Morgan fingerprint density at radius 1 is 1.24 bits per heavy atom. The van der Waals surface area contributed by atoms with E-state index < -0.39 is 0 Å². The van der Waals surface area contributed by atoms with Gasteiger partial charge in [-0.15, -0.1) is 0 Å². The first kappa shape index (κ1) is 22.3. The van der Waals surface area contributed by atoms with Gasteiger partial charge in [0.1, 0.15) is 0 Å². The number of hydrogen-bond donors (Lipinski definition) is 0. The maximum absolute atomic E-state index is 12.1. The molecule has 1 saturated carbocycles. The molecule has 2 nitrogen and oxygen atoms in total. The lowest BCUT2D eigenvalue weighted by atomic mass is 9.69. The minimum Gasteiger partial charge on any atom is -0.466 e. The average molecular weight is 351 g/mol. The first-order valence-corrected chi connectivity index (χ1v) is 10.7. The minimum atomic E-state index is -0.0658. The van der Waals surface area contributed by atoms with E-state index in [4.69, 9.17) is 4.74 Å². The second kappa shape index (κ2) is 11.0. The average Bonchev–Trinajstić information content (AvgIpc) is 2.53. The molecule has 0 aromatic heterocycles. The van der Waals surface area contributed by atoms with Crippen molar-refractivity contribution in [1.82, 2.24) is 0 Å². The van der Waals surface area contributed by atoms with Gasteiger partial charge in [0, 0.05) is 0 Å². The van der Waals surface area contributed by atoms with Crippen LogP contribution >= 0.6 is 0 Å². The second-order valence-corrected chi connectivity index (χ2v) is 8.94. The SMILES string of the molecule is CCCCC[C@](C)(/C=C/[C@@H]1C[C@H](C)CC[C@H]1C(C)C)CC(=O)OCC. The number of rotatable bonds is 10. The normalized spacial score (nSPS) is 26.8. The third-order valence-corrected chi connectivity index (χ3v) is 6.02. The molecule has 0 aromatic rings. The molecule has 0 bridgehead atoms. The summed E-state index contributed by atoms with van der Waals surface area (Å²) in [6.07, 6.45) is 14.1. The van der Waals surface area contributed by atoms with Gasteiger partial charge in [-0.05, 0) is 55.3 Å². The smallest absolute Gasteiger partial charge is 0.306 e. The first-order valence-electron chi connectivity index (χ1n) is 10.7. The molecule has 0 unspecified atom stereocenters. The van der Waals surface area contributed by atoms with Gasteiger partial charge in [0.05, 0.1) is 13.0 Å². The highest BCUT2D eigenvalue weighted by Gasteiger charge is 2.31. The zero-order valence-corrected chi connectivity index (χ0v) is 17.6. The van der Waals surface area contributed by atoms with E-state index in [1.54, 1.807) is 0 Å². The molecule has 0 N–H and O–H groups in total. The van der Waals surface area contributed by atoms with Crippen LogP contribution in [0.15, 0.2) is 12.2 Å². The van der Waals surface area contributed by atoms with Crippen LogP contribution in [0.3, 0.4) is 0 Å². The largest absolute Gasteiger partial charge is 0.466 e. The van der Waals surface area contributed by atoms with E-state index in [1.165, 1.54) is 38.5 Å². The van der Waals surface area contributed by atoms with E-state index in [0.717, 1.165) is 24.2 Å². The van der Waals surface area contributed by atoms with Gasteiger partial charge in [0.15, 0.2) is 0 Å². The quantitative estimate of drug-likeness (QED) is 0.246. The highest BCUT2D eigenvalue weighted by atomic mass is 16.5. The van der Waals surface area contributed by atoms with E-state index >= 15 is 0 Å². The van der Waals surface area contributed by atoms with Crippen molar-refractivity contribution in [1.29, 1.82) is 0 Å². The van der Waals surface area contributed by atoms with Gasteiger partial charge < -0.3 is 4.74 Å². The van der Waals surface area contributed by atoms with Crippen molar-refractivity contribution in [2.75, 3.05) is 6.61 Å². The highest BCUT2D eigenvalue weighted by Crippen LogP contribution is 2.40. The molecule has 0 aromatic carbocycles. The summed E-state index contributed by atoms with van der Waals surface area (Å²) in [5.74, 6) is 2.95. The Kier molecular flexibility index (Phi) is 9.82. The number of unbranched alkanes of at least 4 members (excludes halogenated alkanes) is 2. The molecule has 0 aliphatic heterocycles. The van der Waals surface area contributed by atoms with Gasteiger partial charge >= 0.3 is 5.97 Å². The van der Waals surface area contributed by atoms with Gasteiger partial charge in [0.2, 0.25) is 0 Å². The molecule has 0 saturated heterocycles. The number of ether oxygens (including phenoxy) is 1. The molecule has 146 valence electrons. The number of carbonyl (C=O) groups is 1. The standard InChI is InChI=1S/C23H42O2/c1-7-9-10-14-23(6,17-22(24)25-8-2)15-13-20-16-19(5)11-12-21(20)18(3)4/h13,15,18-21H,7-12,14,16-17H2,1-6H3/b15-13+/t19-,20-,21+,23-/m1/s1. The van der Waals surface area contributed by atoms with Crippen molar-refractivity contribution in [2.45, 2.75) is 92.9 Å². The predicted molar refractivity (Wildman–Crippen MR) is 107 cm³/mol. The first-order chi connectivity index (χ1) is 11.8. The van der Waals surface area contributed by atoms with E-state index in [9.17, 15) is 4.79 Å². The lowest BCUT2D eigenvalue weighted by Crippen LogP contribution is -2.27. The Bertz CT molecular complexity index is 412. The van der Waals surface area contributed by atoms with Crippen LogP contribution in [-0.4, -0.2) is 12.6 Å². The van der Waals surface area contributed by atoms with Crippen LogP contribution in [0.1, 0.15) is 92.9 Å². The van der Waals surface area contributed by atoms with Crippen molar-refractivity contribution in [3.8, 4) is 0 Å². The molecule has 1 aliphatic rings. The van der Waals surface area contributed by atoms with E-state index in [0.29, 0.717) is 18.9 Å². The summed E-state index contributed by atoms with van der Waals surface area (Å²) in [6, 6.07) is 0. The summed E-state index contributed by atoms with van der Waals surface area (Å²) < 4.78 is 5.24. The van der Waals surface area contributed by atoms with Gasteiger partial charge in [0.25, 0.3) is 0 Å². The number of carbonyl (C=O) groups excluding carboxylic acids is 1. The molecule has 4 atom stereocenters. The number of hydrogen-bond acceptors (Lipinski definition) is 2. The molecule has 1 aliphatic carbocycles. The summed E-state index contributed by atoms with van der Waals surface area (Å²) in [5.41, 5.74) is -0.0658. The minimum absolute atomic E-state index is 0.0522. The Morgan fingerprint density at radius 2 is 1.96 bits per heavy atom. The maximum atomic E-state index is 12.1. The Labute approximate surface area is 156 Å². The molecule has 0 radical (unpaired) electrons. The number of esters is 1. The van der Waals surface area contributed by atoms with Crippen molar-refractivity contribution in [3.05, 3.63) is 12.2 Å². The fourth-order valence-electron chi connectivity index (χ4n) is 4.40. The topological polar surface area (TPSA) is 26.3 Å². The van der Waals surface area contributed by atoms with Crippen LogP contribution in [0, 0.1) is 29.1 Å². The van der Waals surface area contributed by atoms with Crippen LogP contribution in [0.4, 0.5) is 0 Å². The van der Waals surface area contributed by atoms with Gasteiger partial charge in [-0.3, -0.25) is 4.79 Å². The maximum Gasteiger partial charge on any atom is 0.306 e. The zero-order valence-electron chi connectivity index (χ0n) is 17.6. The fourth-order valence-corrected chi connectivity index (χ4v) is 4.40. The van der Waals surface area contributed by atoms with E-state index in [-0.39, 0.29) is 11.4 Å². The molecule has 0 spiro atoms. The molecule has 1 fully saturated rings. The van der Waals surface area contributed by atoms with Gasteiger partial charge in [-0.2, -0.15) is 0 Å². The van der Waals surface area contributed by atoms with Crippen LogP contribution < -0.4 is 0 Å². The molecule has 2 heteroatoms. The van der Waals surface area contributed by atoms with Crippen LogP contribution in [0.25, 0.3) is 0 Å². The molecule has 0 heterocycles. The lowest BCUT2D eigenvalue weighted by Gasteiger charge is -2.36. The van der Waals surface area contributed by atoms with Crippen LogP contribution in [-0.2, 0) is 9.53 Å². The molecule has 1 rings (SSSR count). The Hall–Kier alpha value is -0.790. The van der Waals surface area contributed by atoms with Crippen molar-refractivity contribution < 1.29 is 9.53 Å². The molecular weight excluding hydrogens is 308 g/mol. The summed E-state index contributed by atoms with van der Waals surface area (Å²) in [7, 11) is 0. The summed E-state index contributed by atoms with van der Waals surface area (Å²) in [5, 5.41) is 0. The fraction of sp³-hybridized carbons (Fsp3) is 0.870. The van der Waals surface area contributed by atoms with E-state index in [1.807, 2.05) is 6.92 Å². The summed E-state index contributed by atoms with van der Waals surface area (Å²) in [6.45, 7) is 13.9. The summed E-state index contributed by atoms with van der Waals surface area (Å²) in [4.78, 5) is 12.1. The third kappa shape index (κ3) is 7.96. The van der Waals surface area contributed by atoms with E-state index in [2.05, 4.69) is 46.8 Å². The number of allylic oxidation sites excluding steroid dienone is 2.